The molecule has 0 atom stereocenters. The van der Waals surface area contributed by atoms with Crippen molar-refractivity contribution in [1.82, 2.24) is 16.0 Å². The van der Waals surface area contributed by atoms with Crippen LogP contribution in [0.5, 0.6) is 0 Å². The minimum Gasteiger partial charge on any atom is -0.356 e. The molecule has 31 heavy (non-hydrogen) atoms. The van der Waals surface area contributed by atoms with E-state index >= 15 is 0 Å². The van der Waals surface area contributed by atoms with Crippen molar-refractivity contribution in [3.63, 3.8) is 0 Å². The topological polar surface area (TPSA) is 65.5 Å². The van der Waals surface area contributed by atoms with Gasteiger partial charge in [-0.25, -0.2) is 0 Å². The Balaban J connectivity index is 0.00000480. The number of nitrogens with one attached hydrogen (secondary N) is 3. The summed E-state index contributed by atoms with van der Waals surface area (Å²) in [5.74, 6) is 0.473. The fourth-order valence-electron chi connectivity index (χ4n) is 2.76. The van der Waals surface area contributed by atoms with Crippen molar-refractivity contribution < 1.29 is 18.0 Å². The summed E-state index contributed by atoms with van der Waals surface area (Å²) >= 11 is 0. The maximum atomic E-state index is 12.6. The van der Waals surface area contributed by atoms with Gasteiger partial charge >= 0.3 is 6.18 Å². The number of halogens is 4. The Bertz CT molecular complexity index is 855. The molecule has 0 aliphatic rings. The number of benzene rings is 2. The number of alkyl halides is 3. The summed E-state index contributed by atoms with van der Waals surface area (Å²) in [5.41, 5.74) is 1.69. The molecule has 0 aliphatic heterocycles. The van der Waals surface area contributed by atoms with E-state index in [2.05, 4.69) is 20.9 Å². The summed E-state index contributed by atoms with van der Waals surface area (Å²) in [4.78, 5) is 16.2. The molecule has 0 fully saturated rings. The zero-order valence-electron chi connectivity index (χ0n) is 17.6. The third-order valence-corrected chi connectivity index (χ3v) is 4.40. The molecule has 3 N–H and O–H groups in total. The molecule has 0 bridgehead atoms. The predicted molar refractivity (Wildman–Crippen MR) is 128 cm³/mol. The lowest BCUT2D eigenvalue weighted by atomic mass is 10.1. The van der Waals surface area contributed by atoms with Crippen LogP contribution in [0.25, 0.3) is 0 Å². The summed E-state index contributed by atoms with van der Waals surface area (Å²) in [6.45, 7) is 3.63. The quantitative estimate of drug-likeness (QED) is 0.261. The van der Waals surface area contributed by atoms with Crippen molar-refractivity contribution in [1.29, 1.82) is 0 Å². The van der Waals surface area contributed by atoms with Crippen molar-refractivity contribution >= 4 is 35.8 Å². The first-order chi connectivity index (χ1) is 14.3. The fraction of sp³-hybridized carbons (Fsp3) is 0.364. The minimum atomic E-state index is -4.32. The minimum absolute atomic E-state index is 0. The van der Waals surface area contributed by atoms with Gasteiger partial charge in [0.1, 0.15) is 0 Å². The molecule has 0 spiro atoms. The van der Waals surface area contributed by atoms with Crippen LogP contribution in [-0.2, 0) is 19.1 Å². The highest BCUT2D eigenvalue weighted by molar-refractivity contribution is 14.0. The van der Waals surface area contributed by atoms with Crippen LogP contribution in [0.4, 0.5) is 13.2 Å². The van der Waals surface area contributed by atoms with E-state index in [1.165, 1.54) is 12.1 Å². The van der Waals surface area contributed by atoms with Gasteiger partial charge in [-0.3, -0.25) is 9.79 Å². The standard InChI is InChI=1S/C22H27F3N4O.HI/c1-3-12-27-20(30)18-6-4-5-17(14-18)15-29-21(26-2)28-13-11-16-7-9-19(10-8-16)22(23,24)25;/h4-10,14H,3,11-13,15H2,1-2H3,(H,27,30)(H2,26,28,29);1H. The number of hydrogen-bond donors (Lipinski definition) is 3. The lowest BCUT2D eigenvalue weighted by Gasteiger charge is -2.13. The highest BCUT2D eigenvalue weighted by Gasteiger charge is 2.29. The molecule has 2 aromatic carbocycles. The van der Waals surface area contributed by atoms with Gasteiger partial charge in [0.15, 0.2) is 5.96 Å². The number of amides is 1. The summed E-state index contributed by atoms with van der Waals surface area (Å²) in [6, 6.07) is 12.5. The van der Waals surface area contributed by atoms with Crippen molar-refractivity contribution in [2.45, 2.75) is 32.5 Å². The van der Waals surface area contributed by atoms with E-state index in [0.717, 1.165) is 29.7 Å². The number of aliphatic imine (C=N–C) groups is 1. The fourth-order valence-corrected chi connectivity index (χ4v) is 2.76. The van der Waals surface area contributed by atoms with E-state index in [4.69, 9.17) is 0 Å². The maximum absolute atomic E-state index is 12.6. The Kier molecular flexibility index (Phi) is 11.4. The summed E-state index contributed by atoms with van der Waals surface area (Å²) in [7, 11) is 1.64. The van der Waals surface area contributed by atoms with E-state index in [1.807, 2.05) is 25.1 Å². The van der Waals surface area contributed by atoms with Crippen molar-refractivity contribution in [3.8, 4) is 0 Å². The molecule has 0 aromatic heterocycles. The van der Waals surface area contributed by atoms with E-state index in [9.17, 15) is 18.0 Å². The van der Waals surface area contributed by atoms with Crippen LogP contribution in [0.1, 0.15) is 40.4 Å². The maximum Gasteiger partial charge on any atom is 0.416 e. The summed E-state index contributed by atoms with van der Waals surface area (Å²) < 4.78 is 37.8. The van der Waals surface area contributed by atoms with Gasteiger partial charge in [0.2, 0.25) is 0 Å². The second-order valence-electron chi connectivity index (χ2n) is 6.75. The van der Waals surface area contributed by atoms with Crippen molar-refractivity contribution in [3.05, 3.63) is 70.8 Å². The smallest absolute Gasteiger partial charge is 0.356 e. The SMILES string of the molecule is CCCNC(=O)c1cccc(CNC(=NC)NCCc2ccc(C(F)(F)F)cc2)c1.I. The first-order valence-corrected chi connectivity index (χ1v) is 9.81. The lowest BCUT2D eigenvalue weighted by molar-refractivity contribution is -0.137. The molecule has 0 radical (unpaired) electrons. The number of carbonyl (C=O) groups is 1. The molecule has 0 unspecified atom stereocenters. The van der Waals surface area contributed by atoms with Crippen LogP contribution in [0, 0.1) is 0 Å². The van der Waals surface area contributed by atoms with E-state index in [0.29, 0.717) is 37.6 Å². The average molecular weight is 548 g/mol. The van der Waals surface area contributed by atoms with E-state index in [-0.39, 0.29) is 29.9 Å². The molecule has 0 heterocycles. The van der Waals surface area contributed by atoms with Crippen LogP contribution in [0.3, 0.4) is 0 Å². The monoisotopic (exact) mass is 548 g/mol. The van der Waals surface area contributed by atoms with Gasteiger partial charge in [-0.1, -0.05) is 31.2 Å². The number of rotatable bonds is 8. The lowest BCUT2D eigenvalue weighted by Crippen LogP contribution is -2.37. The van der Waals surface area contributed by atoms with Crippen LogP contribution < -0.4 is 16.0 Å². The Morgan fingerprint density at radius 3 is 2.29 bits per heavy atom. The second-order valence-corrected chi connectivity index (χ2v) is 6.75. The van der Waals surface area contributed by atoms with Crippen LogP contribution in [0.2, 0.25) is 0 Å². The predicted octanol–water partition coefficient (Wildman–Crippen LogP) is 4.37. The normalized spacial score (nSPS) is 11.5. The molecule has 1 amide bonds. The van der Waals surface area contributed by atoms with Gasteiger partial charge in [-0.05, 0) is 48.2 Å². The van der Waals surface area contributed by atoms with Gasteiger partial charge < -0.3 is 16.0 Å². The molecule has 5 nitrogen and oxygen atoms in total. The first kappa shape index (κ1) is 26.7. The molecule has 0 saturated heterocycles. The van der Waals surface area contributed by atoms with Gasteiger partial charge in [0.25, 0.3) is 5.91 Å². The number of nitrogens with zero attached hydrogens (tertiary/aromatic N) is 1. The largest absolute Gasteiger partial charge is 0.416 e. The zero-order valence-corrected chi connectivity index (χ0v) is 19.9. The molecule has 2 rings (SSSR count). The average Bonchev–Trinajstić information content (AvgIpc) is 2.74. The molecule has 0 saturated carbocycles. The van der Waals surface area contributed by atoms with Crippen LogP contribution in [-0.4, -0.2) is 32.0 Å². The van der Waals surface area contributed by atoms with E-state index in [1.54, 1.807) is 13.1 Å². The number of guanidine groups is 1. The molecular formula is C22H28F3IN4O. The summed E-state index contributed by atoms with van der Waals surface area (Å²) in [6.07, 6.45) is -2.88. The third kappa shape index (κ3) is 9.16. The Morgan fingerprint density at radius 2 is 1.68 bits per heavy atom. The third-order valence-electron chi connectivity index (χ3n) is 4.40. The van der Waals surface area contributed by atoms with Crippen LogP contribution in [0.15, 0.2) is 53.5 Å². The Hall–Kier alpha value is -2.30. The van der Waals surface area contributed by atoms with Crippen LogP contribution >= 0.6 is 24.0 Å². The molecule has 9 heteroatoms. The van der Waals surface area contributed by atoms with Gasteiger partial charge in [0, 0.05) is 32.2 Å². The Labute approximate surface area is 197 Å². The molecule has 0 aliphatic carbocycles. The summed E-state index contributed by atoms with van der Waals surface area (Å²) in [5, 5.41) is 9.15. The highest BCUT2D eigenvalue weighted by Crippen LogP contribution is 2.29. The Morgan fingerprint density at radius 1 is 0.968 bits per heavy atom. The van der Waals surface area contributed by atoms with Gasteiger partial charge in [0.05, 0.1) is 5.56 Å². The van der Waals surface area contributed by atoms with Gasteiger partial charge in [-0.15, -0.1) is 24.0 Å². The molecule has 170 valence electrons. The van der Waals surface area contributed by atoms with Gasteiger partial charge in [-0.2, -0.15) is 13.2 Å². The van der Waals surface area contributed by atoms with E-state index < -0.39 is 11.7 Å². The first-order valence-electron chi connectivity index (χ1n) is 9.81. The number of hydrogen-bond acceptors (Lipinski definition) is 2. The highest BCUT2D eigenvalue weighted by atomic mass is 127. The molecule has 2 aromatic rings. The van der Waals surface area contributed by atoms with Crippen molar-refractivity contribution in [2.24, 2.45) is 4.99 Å². The number of carbonyl (C=O) groups excluding carboxylic acids is 1. The zero-order chi connectivity index (χ0) is 22.0. The molecular weight excluding hydrogens is 520 g/mol. The van der Waals surface area contributed by atoms with Crippen molar-refractivity contribution in [2.75, 3.05) is 20.1 Å². The second kappa shape index (κ2) is 13.2.